The average molecular weight is 297 g/mol. The highest BCUT2D eigenvalue weighted by Gasteiger charge is 1.99. The van der Waals surface area contributed by atoms with Gasteiger partial charge in [-0.3, -0.25) is 4.98 Å². The van der Waals surface area contributed by atoms with E-state index in [-0.39, 0.29) is 6.10 Å². The Morgan fingerprint density at radius 1 is 1.32 bits per heavy atom. The molecule has 0 aliphatic heterocycles. The Morgan fingerprint density at radius 3 is 2.95 bits per heavy atom. The minimum absolute atomic E-state index is 0.218. The fourth-order valence-corrected chi connectivity index (χ4v) is 2.21. The number of fused-ring (bicyclic) bond motifs is 1. The summed E-state index contributed by atoms with van der Waals surface area (Å²) in [5, 5.41) is 11.4. The monoisotopic (exact) mass is 297 g/mol. The zero-order chi connectivity index (χ0) is 15.8. The number of aliphatic hydroxyl groups excluding tert-OH is 1. The molecule has 0 saturated carbocycles. The van der Waals surface area contributed by atoms with Gasteiger partial charge >= 0.3 is 0 Å². The SMILES string of the molecule is C=CCOc1ccc2cc(C=CCCCC(C)O)ncc2c1. The number of ether oxygens (including phenoxy) is 1. The number of unbranched alkanes of at least 4 members (excludes halogenated alkanes) is 1. The lowest BCUT2D eigenvalue weighted by atomic mass is 10.1. The molecule has 0 radical (unpaired) electrons. The third-order valence-corrected chi connectivity index (χ3v) is 3.36. The first-order valence-electron chi connectivity index (χ1n) is 7.67. The molecule has 3 nitrogen and oxygen atoms in total. The molecule has 0 bridgehead atoms. The maximum Gasteiger partial charge on any atom is 0.120 e. The van der Waals surface area contributed by atoms with Crippen LogP contribution in [0.2, 0.25) is 0 Å². The van der Waals surface area contributed by atoms with Crippen molar-refractivity contribution in [3.05, 3.63) is 54.9 Å². The molecular formula is C19H23NO2. The summed E-state index contributed by atoms with van der Waals surface area (Å²) in [5.41, 5.74) is 0.948. The first-order chi connectivity index (χ1) is 10.7. The number of allylic oxidation sites excluding steroid dienone is 1. The third-order valence-electron chi connectivity index (χ3n) is 3.36. The molecule has 0 amide bonds. The highest BCUT2D eigenvalue weighted by atomic mass is 16.5. The van der Waals surface area contributed by atoms with Crippen LogP contribution in [0.4, 0.5) is 0 Å². The van der Waals surface area contributed by atoms with Gasteiger partial charge < -0.3 is 9.84 Å². The van der Waals surface area contributed by atoms with Gasteiger partial charge in [0, 0.05) is 11.6 Å². The number of hydrogen-bond donors (Lipinski definition) is 1. The summed E-state index contributed by atoms with van der Waals surface area (Å²) in [4.78, 5) is 4.45. The molecule has 0 spiro atoms. The van der Waals surface area contributed by atoms with Crippen molar-refractivity contribution in [1.82, 2.24) is 4.98 Å². The van der Waals surface area contributed by atoms with E-state index < -0.39 is 0 Å². The van der Waals surface area contributed by atoms with E-state index in [0.29, 0.717) is 6.61 Å². The molecule has 1 aromatic heterocycles. The number of nitrogens with zero attached hydrogens (tertiary/aromatic N) is 1. The van der Waals surface area contributed by atoms with Crippen molar-refractivity contribution < 1.29 is 9.84 Å². The second-order valence-electron chi connectivity index (χ2n) is 5.40. The molecule has 2 rings (SSSR count). The normalized spacial score (nSPS) is 12.6. The van der Waals surface area contributed by atoms with E-state index in [9.17, 15) is 5.11 Å². The van der Waals surface area contributed by atoms with Gasteiger partial charge in [0.2, 0.25) is 0 Å². The molecule has 1 N–H and O–H groups in total. The van der Waals surface area contributed by atoms with Crippen LogP contribution < -0.4 is 4.74 Å². The number of benzene rings is 1. The van der Waals surface area contributed by atoms with Crippen molar-refractivity contribution in [2.75, 3.05) is 6.61 Å². The molecule has 1 atom stereocenters. The van der Waals surface area contributed by atoms with Gasteiger partial charge in [0.05, 0.1) is 11.8 Å². The van der Waals surface area contributed by atoms with Crippen LogP contribution >= 0.6 is 0 Å². The van der Waals surface area contributed by atoms with Crippen LogP contribution in [0.15, 0.2) is 49.2 Å². The molecular weight excluding hydrogens is 274 g/mol. The maximum absolute atomic E-state index is 9.21. The van der Waals surface area contributed by atoms with E-state index >= 15 is 0 Å². The topological polar surface area (TPSA) is 42.4 Å². The Balaban J connectivity index is 2.01. The van der Waals surface area contributed by atoms with Gasteiger partial charge in [-0.15, -0.1) is 0 Å². The zero-order valence-electron chi connectivity index (χ0n) is 13.0. The van der Waals surface area contributed by atoms with Crippen molar-refractivity contribution >= 4 is 16.8 Å². The van der Waals surface area contributed by atoms with Crippen LogP contribution in [-0.2, 0) is 0 Å². The van der Waals surface area contributed by atoms with E-state index in [1.165, 1.54) is 0 Å². The van der Waals surface area contributed by atoms with Crippen LogP contribution in [0.25, 0.3) is 16.8 Å². The van der Waals surface area contributed by atoms with Crippen LogP contribution in [0.1, 0.15) is 31.9 Å². The van der Waals surface area contributed by atoms with Crippen molar-refractivity contribution in [2.24, 2.45) is 0 Å². The zero-order valence-corrected chi connectivity index (χ0v) is 13.0. The number of rotatable bonds is 8. The Hall–Kier alpha value is -2.13. The van der Waals surface area contributed by atoms with Crippen molar-refractivity contribution in [2.45, 2.75) is 32.3 Å². The van der Waals surface area contributed by atoms with E-state index in [1.807, 2.05) is 37.4 Å². The van der Waals surface area contributed by atoms with Crippen molar-refractivity contribution in [1.29, 1.82) is 0 Å². The lowest BCUT2D eigenvalue weighted by Crippen LogP contribution is -1.97. The highest BCUT2D eigenvalue weighted by molar-refractivity contribution is 5.84. The predicted octanol–water partition coefficient (Wildman–Crippen LogP) is 4.36. The van der Waals surface area contributed by atoms with Crippen LogP contribution in [0.3, 0.4) is 0 Å². The van der Waals surface area contributed by atoms with Crippen LogP contribution in [0, 0.1) is 0 Å². The molecule has 2 aromatic rings. The Morgan fingerprint density at radius 2 is 2.18 bits per heavy atom. The maximum atomic E-state index is 9.21. The number of aliphatic hydroxyl groups is 1. The van der Waals surface area contributed by atoms with Gasteiger partial charge in [0.15, 0.2) is 0 Å². The third kappa shape index (κ3) is 5.01. The highest BCUT2D eigenvalue weighted by Crippen LogP contribution is 2.21. The van der Waals surface area contributed by atoms with Gasteiger partial charge in [-0.05, 0) is 55.8 Å². The summed E-state index contributed by atoms with van der Waals surface area (Å²) < 4.78 is 5.52. The molecule has 1 heterocycles. The summed E-state index contributed by atoms with van der Waals surface area (Å²) in [6, 6.07) is 8.06. The Kier molecular flexibility index (Phi) is 6.16. The van der Waals surface area contributed by atoms with E-state index in [4.69, 9.17) is 4.74 Å². The number of pyridine rings is 1. The number of hydrogen-bond acceptors (Lipinski definition) is 3. The smallest absolute Gasteiger partial charge is 0.120 e. The lowest BCUT2D eigenvalue weighted by Gasteiger charge is -2.05. The van der Waals surface area contributed by atoms with Gasteiger partial charge in [-0.2, -0.15) is 0 Å². The van der Waals surface area contributed by atoms with E-state index in [2.05, 4.69) is 23.7 Å². The molecule has 116 valence electrons. The van der Waals surface area contributed by atoms with Crippen LogP contribution in [-0.4, -0.2) is 22.8 Å². The quantitative estimate of drug-likeness (QED) is 0.581. The molecule has 1 unspecified atom stereocenters. The fourth-order valence-electron chi connectivity index (χ4n) is 2.21. The largest absolute Gasteiger partial charge is 0.490 e. The summed E-state index contributed by atoms with van der Waals surface area (Å²) in [5.74, 6) is 0.829. The van der Waals surface area contributed by atoms with Crippen molar-refractivity contribution in [3.8, 4) is 5.75 Å². The number of aromatic nitrogens is 1. The summed E-state index contributed by atoms with van der Waals surface area (Å²) >= 11 is 0. The summed E-state index contributed by atoms with van der Waals surface area (Å²) in [6.45, 7) is 5.97. The molecule has 0 saturated heterocycles. The average Bonchev–Trinajstić information content (AvgIpc) is 2.52. The minimum Gasteiger partial charge on any atom is -0.490 e. The van der Waals surface area contributed by atoms with Crippen LogP contribution in [0.5, 0.6) is 5.75 Å². The first-order valence-corrected chi connectivity index (χ1v) is 7.67. The standard InChI is InChI=1S/C19H23NO2/c1-3-11-22-19-10-9-16-12-18(20-14-17(16)13-19)8-6-4-5-7-15(2)21/h3,6,8-10,12-15,21H,1,4-5,7,11H2,2H3. The molecule has 1 aromatic carbocycles. The van der Waals surface area contributed by atoms with Crippen molar-refractivity contribution in [3.63, 3.8) is 0 Å². The lowest BCUT2D eigenvalue weighted by molar-refractivity contribution is 0.182. The second kappa shape index (κ2) is 8.35. The molecule has 3 heteroatoms. The minimum atomic E-state index is -0.218. The first kappa shape index (κ1) is 16.2. The molecule has 0 fully saturated rings. The van der Waals surface area contributed by atoms with E-state index in [0.717, 1.165) is 41.5 Å². The summed E-state index contributed by atoms with van der Waals surface area (Å²) in [6.07, 6.45) is 10.3. The van der Waals surface area contributed by atoms with Gasteiger partial charge in [-0.25, -0.2) is 0 Å². The Bertz CT molecular complexity index is 647. The second-order valence-corrected chi connectivity index (χ2v) is 5.40. The molecule has 0 aliphatic carbocycles. The molecule has 0 aliphatic rings. The van der Waals surface area contributed by atoms with Gasteiger partial charge in [-0.1, -0.05) is 24.8 Å². The summed E-state index contributed by atoms with van der Waals surface area (Å²) in [7, 11) is 0. The Labute approximate surface area is 132 Å². The predicted molar refractivity (Wildman–Crippen MR) is 92.0 cm³/mol. The van der Waals surface area contributed by atoms with Gasteiger partial charge in [0.25, 0.3) is 0 Å². The van der Waals surface area contributed by atoms with Gasteiger partial charge in [0.1, 0.15) is 12.4 Å². The van der Waals surface area contributed by atoms with E-state index in [1.54, 1.807) is 6.08 Å². The fraction of sp³-hybridized carbons (Fsp3) is 0.316. The molecule has 22 heavy (non-hydrogen) atoms.